The van der Waals surface area contributed by atoms with Crippen molar-refractivity contribution in [2.75, 3.05) is 12.4 Å². The van der Waals surface area contributed by atoms with Gasteiger partial charge in [0.25, 0.3) is 0 Å². The van der Waals surface area contributed by atoms with Crippen LogP contribution < -0.4 is 10.1 Å². The van der Waals surface area contributed by atoms with Gasteiger partial charge in [-0.15, -0.1) is 0 Å². The maximum Gasteiger partial charge on any atom is 0.188 e. The summed E-state index contributed by atoms with van der Waals surface area (Å²) < 4.78 is 8.35. The van der Waals surface area contributed by atoms with Crippen molar-refractivity contribution >= 4 is 64.2 Å². The summed E-state index contributed by atoms with van der Waals surface area (Å²) >= 11 is 8.58. The molecule has 1 heterocycles. The number of nitrogens with one attached hydrogen (secondary N) is 1. The highest BCUT2D eigenvalue weighted by atomic mass is 79.9. The summed E-state index contributed by atoms with van der Waals surface area (Å²) in [6.07, 6.45) is 0. The normalized spacial score (nSPS) is 10.8. The second-order valence-corrected chi connectivity index (χ2v) is 6.90. The molecular weight excluding hydrogens is 404 g/mol. The van der Waals surface area contributed by atoms with E-state index in [1.165, 1.54) is 0 Å². The molecule has 0 atom stereocenters. The van der Waals surface area contributed by atoms with Crippen molar-refractivity contribution < 1.29 is 4.74 Å². The number of rotatable bonds is 3. The van der Waals surface area contributed by atoms with Gasteiger partial charge in [0.1, 0.15) is 5.75 Å². The zero-order valence-electron chi connectivity index (χ0n) is 10.5. The summed E-state index contributed by atoms with van der Waals surface area (Å²) in [7, 11) is 1.67. The van der Waals surface area contributed by atoms with Crippen molar-refractivity contribution in [2.45, 2.75) is 0 Å². The first-order valence-electron chi connectivity index (χ1n) is 5.82. The van der Waals surface area contributed by atoms with E-state index in [1.54, 1.807) is 18.4 Å². The number of ether oxygens (including phenoxy) is 1. The Morgan fingerprint density at radius 2 is 2.00 bits per heavy atom. The Kier molecular flexibility index (Phi) is 3.96. The molecule has 0 saturated carbocycles. The largest absolute Gasteiger partial charge is 0.497 e. The molecule has 0 aliphatic rings. The lowest BCUT2D eigenvalue weighted by Crippen LogP contribution is -1.90. The molecule has 0 radical (unpaired) electrons. The second-order valence-electron chi connectivity index (χ2n) is 4.10. The van der Waals surface area contributed by atoms with E-state index in [9.17, 15) is 0 Å². The molecule has 0 fully saturated rings. The first-order chi connectivity index (χ1) is 9.65. The van der Waals surface area contributed by atoms with Crippen molar-refractivity contribution in [2.24, 2.45) is 0 Å². The maximum absolute atomic E-state index is 5.23. The van der Waals surface area contributed by atoms with Crippen LogP contribution in [0.5, 0.6) is 5.75 Å². The van der Waals surface area contributed by atoms with E-state index in [2.05, 4.69) is 42.2 Å². The molecule has 0 bridgehead atoms. The van der Waals surface area contributed by atoms with E-state index >= 15 is 0 Å². The van der Waals surface area contributed by atoms with Gasteiger partial charge >= 0.3 is 0 Å². The van der Waals surface area contributed by atoms with Crippen LogP contribution in [0.15, 0.2) is 45.3 Å². The van der Waals surface area contributed by atoms with Gasteiger partial charge in [0, 0.05) is 8.95 Å². The average molecular weight is 414 g/mol. The molecule has 3 aromatic rings. The molecule has 0 aliphatic heterocycles. The maximum atomic E-state index is 5.23. The number of nitrogens with zero attached hydrogens (tertiary/aromatic N) is 1. The van der Waals surface area contributed by atoms with E-state index < -0.39 is 0 Å². The lowest BCUT2D eigenvalue weighted by molar-refractivity contribution is 0.415. The highest BCUT2D eigenvalue weighted by Gasteiger charge is 2.07. The van der Waals surface area contributed by atoms with Crippen LogP contribution >= 0.6 is 43.2 Å². The average Bonchev–Trinajstić information content (AvgIpc) is 2.83. The molecule has 1 aromatic heterocycles. The quantitative estimate of drug-likeness (QED) is 0.609. The lowest BCUT2D eigenvalue weighted by Gasteiger charge is -2.05. The Bertz CT molecular complexity index is 773. The fraction of sp³-hybridized carbons (Fsp3) is 0.0714. The first kappa shape index (κ1) is 13.9. The van der Waals surface area contributed by atoms with Crippen LogP contribution in [0.2, 0.25) is 0 Å². The Hall–Kier alpha value is -1.11. The smallest absolute Gasteiger partial charge is 0.188 e. The summed E-state index contributed by atoms with van der Waals surface area (Å²) in [5, 5.41) is 4.18. The Balaban J connectivity index is 1.94. The minimum Gasteiger partial charge on any atom is -0.497 e. The topological polar surface area (TPSA) is 34.1 Å². The summed E-state index contributed by atoms with van der Waals surface area (Å²) in [5.41, 5.74) is 1.95. The van der Waals surface area contributed by atoms with Crippen molar-refractivity contribution in [3.63, 3.8) is 0 Å². The summed E-state index contributed by atoms with van der Waals surface area (Å²) in [4.78, 5) is 4.57. The summed E-state index contributed by atoms with van der Waals surface area (Å²) in [5.74, 6) is 0.845. The fourth-order valence-electron chi connectivity index (χ4n) is 1.79. The van der Waals surface area contributed by atoms with Gasteiger partial charge in [-0.3, -0.25) is 0 Å². The standard InChI is InChI=1S/C14H10Br2N2OS/c1-19-9-3-5-12-13(7-9)20-14(18-12)17-11-4-2-8(15)6-10(11)16/h2-7H,1H3,(H,17,18). The predicted molar refractivity (Wildman–Crippen MR) is 91.3 cm³/mol. The molecule has 102 valence electrons. The van der Waals surface area contributed by atoms with Crippen LogP contribution in [0, 0.1) is 0 Å². The Morgan fingerprint density at radius 3 is 2.75 bits per heavy atom. The predicted octanol–water partition coefficient (Wildman–Crippen LogP) is 5.57. The zero-order chi connectivity index (χ0) is 14.1. The van der Waals surface area contributed by atoms with Gasteiger partial charge in [0.2, 0.25) is 0 Å². The second kappa shape index (κ2) is 5.71. The van der Waals surface area contributed by atoms with E-state index in [4.69, 9.17) is 4.74 Å². The SMILES string of the molecule is COc1ccc2nc(Nc3ccc(Br)cc3Br)sc2c1. The molecule has 0 saturated heterocycles. The molecule has 2 aromatic carbocycles. The number of halogens is 2. The van der Waals surface area contributed by atoms with E-state index in [-0.39, 0.29) is 0 Å². The highest BCUT2D eigenvalue weighted by Crippen LogP contribution is 2.33. The number of thiazole rings is 1. The third-order valence-corrected chi connectivity index (χ3v) is 4.85. The van der Waals surface area contributed by atoms with Gasteiger partial charge in [-0.1, -0.05) is 27.3 Å². The number of hydrogen-bond donors (Lipinski definition) is 1. The van der Waals surface area contributed by atoms with Gasteiger partial charge in [0.05, 0.1) is 23.0 Å². The van der Waals surface area contributed by atoms with E-state index in [0.717, 1.165) is 35.7 Å². The number of anilines is 2. The minimum absolute atomic E-state index is 0.845. The number of benzene rings is 2. The fourth-order valence-corrected chi connectivity index (χ4v) is 3.84. The van der Waals surface area contributed by atoms with Crippen LogP contribution in [-0.4, -0.2) is 12.1 Å². The van der Waals surface area contributed by atoms with E-state index in [0.29, 0.717) is 0 Å². The molecule has 1 N–H and O–H groups in total. The van der Waals surface area contributed by atoms with Crippen LogP contribution in [0.1, 0.15) is 0 Å². The lowest BCUT2D eigenvalue weighted by atomic mass is 10.3. The monoisotopic (exact) mass is 412 g/mol. The molecule has 0 amide bonds. The van der Waals surface area contributed by atoms with Crippen LogP contribution in [0.25, 0.3) is 10.2 Å². The molecule has 3 nitrogen and oxygen atoms in total. The highest BCUT2D eigenvalue weighted by molar-refractivity contribution is 9.11. The molecule has 0 spiro atoms. The molecular formula is C14H10Br2N2OS. The van der Waals surface area contributed by atoms with Crippen molar-refractivity contribution in [1.82, 2.24) is 4.98 Å². The zero-order valence-corrected chi connectivity index (χ0v) is 14.5. The molecule has 0 aliphatic carbocycles. The molecule has 6 heteroatoms. The van der Waals surface area contributed by atoms with Crippen molar-refractivity contribution in [3.8, 4) is 5.75 Å². The molecule has 0 unspecified atom stereocenters. The van der Waals surface area contributed by atoms with Crippen molar-refractivity contribution in [3.05, 3.63) is 45.3 Å². The first-order valence-corrected chi connectivity index (χ1v) is 8.22. The van der Waals surface area contributed by atoms with Crippen LogP contribution in [0.4, 0.5) is 10.8 Å². The van der Waals surface area contributed by atoms with Gasteiger partial charge in [-0.25, -0.2) is 4.98 Å². The molecule has 3 rings (SSSR count). The van der Waals surface area contributed by atoms with Gasteiger partial charge < -0.3 is 10.1 Å². The number of fused-ring (bicyclic) bond motifs is 1. The third kappa shape index (κ3) is 2.82. The third-order valence-electron chi connectivity index (χ3n) is 2.77. The number of methoxy groups -OCH3 is 1. The number of aromatic nitrogens is 1. The van der Waals surface area contributed by atoms with Gasteiger partial charge in [0.15, 0.2) is 5.13 Å². The number of hydrogen-bond acceptors (Lipinski definition) is 4. The van der Waals surface area contributed by atoms with Crippen LogP contribution in [0.3, 0.4) is 0 Å². The van der Waals surface area contributed by atoms with E-state index in [1.807, 2.05) is 36.4 Å². The Labute approximate surface area is 137 Å². The van der Waals surface area contributed by atoms with Crippen LogP contribution in [-0.2, 0) is 0 Å². The minimum atomic E-state index is 0.845. The summed E-state index contributed by atoms with van der Waals surface area (Å²) in [6.45, 7) is 0. The summed E-state index contributed by atoms with van der Waals surface area (Å²) in [6, 6.07) is 11.9. The Morgan fingerprint density at radius 1 is 1.15 bits per heavy atom. The van der Waals surface area contributed by atoms with Gasteiger partial charge in [-0.2, -0.15) is 0 Å². The van der Waals surface area contributed by atoms with Gasteiger partial charge in [-0.05, 0) is 52.3 Å². The molecule has 20 heavy (non-hydrogen) atoms. The van der Waals surface area contributed by atoms with Crippen molar-refractivity contribution in [1.29, 1.82) is 0 Å².